The van der Waals surface area contributed by atoms with Crippen LogP contribution in [-0.2, 0) is 16.0 Å². The van der Waals surface area contributed by atoms with Crippen LogP contribution in [0.2, 0.25) is 0 Å². The van der Waals surface area contributed by atoms with E-state index >= 15 is 0 Å². The van der Waals surface area contributed by atoms with Crippen molar-refractivity contribution >= 4 is 23.4 Å². The molecule has 1 fully saturated rings. The number of aromatic nitrogens is 5. The highest BCUT2D eigenvalue weighted by atomic mass is 16.5. The molecule has 0 unspecified atom stereocenters. The zero-order valence-electron chi connectivity index (χ0n) is 24.9. The standard InChI is InChI=1S/C33H30N8O6/c42-24-16-26(35-27(17-24)33(46)41-19-47-18-28(41)21-10-5-2-6-11-21)31(44)36-25(14-20-8-3-1-4-9-20)29(43)32(45)34-23-13-7-12-22(15-23)30-37-39-40-38-30/h1-13,15-17,25,28-29,43H,14,18-19H2,(H,34,45)(H,35,42)(H,36,44)(H,37,38,39,40)/t25-,28+,29-/m0/s1. The normalized spacial score (nSPS) is 15.5. The van der Waals surface area contributed by atoms with Gasteiger partial charge in [0.1, 0.15) is 18.1 Å². The number of nitrogens with one attached hydrogen (secondary N) is 4. The lowest BCUT2D eigenvalue weighted by Crippen LogP contribution is -2.50. The molecule has 47 heavy (non-hydrogen) atoms. The minimum absolute atomic E-state index is 0.00924. The molecule has 5 aromatic rings. The summed E-state index contributed by atoms with van der Waals surface area (Å²) in [6, 6.07) is 25.7. The van der Waals surface area contributed by atoms with Crippen molar-refractivity contribution in [1.29, 1.82) is 0 Å². The first kappa shape index (κ1) is 31.0. The number of H-pyrrole nitrogens is 2. The van der Waals surface area contributed by atoms with Crippen LogP contribution in [0.25, 0.3) is 11.4 Å². The van der Waals surface area contributed by atoms with Crippen molar-refractivity contribution in [1.82, 2.24) is 35.8 Å². The third kappa shape index (κ3) is 7.30. The highest BCUT2D eigenvalue weighted by Gasteiger charge is 2.33. The number of benzene rings is 3. The minimum atomic E-state index is -1.71. The Morgan fingerprint density at radius 3 is 2.45 bits per heavy atom. The zero-order valence-corrected chi connectivity index (χ0v) is 24.9. The Morgan fingerprint density at radius 1 is 0.957 bits per heavy atom. The van der Waals surface area contributed by atoms with Crippen LogP contribution in [0, 0.1) is 0 Å². The van der Waals surface area contributed by atoms with Crippen molar-refractivity contribution in [2.45, 2.75) is 24.6 Å². The summed E-state index contributed by atoms with van der Waals surface area (Å²) in [5, 5.41) is 30.3. The molecular formula is C33H30N8O6. The van der Waals surface area contributed by atoms with Gasteiger partial charge in [0.25, 0.3) is 17.7 Å². The van der Waals surface area contributed by atoms with Crippen LogP contribution in [0.4, 0.5) is 5.69 Å². The molecule has 1 aliphatic heterocycles. The number of rotatable bonds is 10. The Balaban J connectivity index is 1.21. The van der Waals surface area contributed by atoms with Crippen molar-refractivity contribution in [3.8, 4) is 11.4 Å². The monoisotopic (exact) mass is 634 g/mol. The van der Waals surface area contributed by atoms with Crippen LogP contribution in [0.15, 0.2) is 102 Å². The molecule has 0 radical (unpaired) electrons. The molecule has 3 aromatic carbocycles. The van der Waals surface area contributed by atoms with Crippen LogP contribution in [0.5, 0.6) is 0 Å². The first-order valence-electron chi connectivity index (χ1n) is 14.7. The predicted molar refractivity (Wildman–Crippen MR) is 169 cm³/mol. The predicted octanol–water partition coefficient (Wildman–Crippen LogP) is 2.07. The molecular weight excluding hydrogens is 604 g/mol. The van der Waals surface area contributed by atoms with Gasteiger partial charge in [-0.3, -0.25) is 19.2 Å². The van der Waals surface area contributed by atoms with Gasteiger partial charge in [-0.1, -0.05) is 72.8 Å². The maximum absolute atomic E-state index is 13.5. The second-order valence-corrected chi connectivity index (χ2v) is 10.9. The summed E-state index contributed by atoms with van der Waals surface area (Å²) in [5.41, 5.74) is 1.65. The molecule has 1 saturated heterocycles. The lowest BCUT2D eigenvalue weighted by molar-refractivity contribution is -0.125. The van der Waals surface area contributed by atoms with E-state index in [2.05, 4.69) is 36.2 Å². The van der Waals surface area contributed by atoms with Crippen LogP contribution < -0.4 is 16.1 Å². The SMILES string of the molecule is O=C(N[C@@H](Cc1ccccc1)[C@H](O)C(=O)Nc1cccc(-c2nn[nH]n2)c1)c1cc(=O)cc(C(=O)N2COC[C@@H]2c2ccccc2)[nH]1. The van der Waals surface area contributed by atoms with Gasteiger partial charge >= 0.3 is 0 Å². The largest absolute Gasteiger partial charge is 0.381 e. The highest BCUT2D eigenvalue weighted by Crippen LogP contribution is 2.27. The van der Waals surface area contributed by atoms with E-state index < -0.39 is 35.3 Å². The Kier molecular flexibility index (Phi) is 9.22. The number of aromatic amines is 2. The summed E-state index contributed by atoms with van der Waals surface area (Å²) in [7, 11) is 0. The van der Waals surface area contributed by atoms with E-state index in [-0.39, 0.29) is 37.2 Å². The smallest absolute Gasteiger partial charge is 0.272 e. The van der Waals surface area contributed by atoms with E-state index in [4.69, 9.17) is 4.74 Å². The maximum atomic E-state index is 13.5. The molecule has 238 valence electrons. The molecule has 3 atom stereocenters. The number of ether oxygens (including phenoxy) is 1. The van der Waals surface area contributed by atoms with Crippen LogP contribution >= 0.6 is 0 Å². The van der Waals surface area contributed by atoms with Gasteiger partial charge < -0.3 is 30.4 Å². The number of aliphatic hydroxyl groups is 1. The molecule has 0 aliphatic carbocycles. The summed E-state index contributed by atoms with van der Waals surface area (Å²) in [6.07, 6.45) is -1.63. The minimum Gasteiger partial charge on any atom is -0.381 e. The van der Waals surface area contributed by atoms with Gasteiger partial charge in [0, 0.05) is 23.4 Å². The van der Waals surface area contributed by atoms with E-state index in [0.29, 0.717) is 17.1 Å². The van der Waals surface area contributed by atoms with Crippen molar-refractivity contribution in [3.05, 3.63) is 130 Å². The summed E-state index contributed by atoms with van der Waals surface area (Å²) in [4.78, 5) is 57.3. The fraction of sp³-hybridized carbons (Fsp3) is 0.182. The average Bonchev–Trinajstić information content (AvgIpc) is 3.82. The quantitative estimate of drug-likeness (QED) is 0.153. The van der Waals surface area contributed by atoms with Crippen LogP contribution in [0.3, 0.4) is 0 Å². The van der Waals surface area contributed by atoms with Crippen molar-refractivity contribution in [3.63, 3.8) is 0 Å². The second kappa shape index (κ2) is 14.0. The third-order valence-corrected chi connectivity index (χ3v) is 7.64. The molecule has 2 aromatic heterocycles. The lowest BCUT2D eigenvalue weighted by atomic mass is 10.00. The van der Waals surface area contributed by atoms with E-state index in [1.165, 1.54) is 4.90 Å². The van der Waals surface area contributed by atoms with Gasteiger partial charge in [0.05, 0.1) is 18.7 Å². The third-order valence-electron chi connectivity index (χ3n) is 7.64. The van der Waals surface area contributed by atoms with E-state index in [9.17, 15) is 24.3 Å². The van der Waals surface area contributed by atoms with Crippen molar-refractivity contribution < 1.29 is 24.2 Å². The highest BCUT2D eigenvalue weighted by molar-refractivity contribution is 5.98. The number of tetrazole rings is 1. The van der Waals surface area contributed by atoms with Gasteiger partial charge in [-0.2, -0.15) is 5.21 Å². The molecule has 5 N–H and O–H groups in total. The van der Waals surface area contributed by atoms with Crippen molar-refractivity contribution in [2.24, 2.45) is 0 Å². The van der Waals surface area contributed by atoms with Gasteiger partial charge in [-0.15, -0.1) is 10.2 Å². The number of amides is 3. The molecule has 1 aliphatic rings. The van der Waals surface area contributed by atoms with Crippen LogP contribution in [-0.4, -0.2) is 78.8 Å². The van der Waals surface area contributed by atoms with Gasteiger partial charge in [0.15, 0.2) is 11.5 Å². The molecule has 14 nitrogen and oxygen atoms in total. The molecule has 0 spiro atoms. The number of carbonyl (C=O) groups is 3. The Bertz CT molecular complexity index is 1920. The first-order chi connectivity index (χ1) is 22.9. The number of carbonyl (C=O) groups excluding carboxylic acids is 3. The van der Waals surface area contributed by atoms with Gasteiger partial charge in [0.2, 0.25) is 5.82 Å². The van der Waals surface area contributed by atoms with Crippen molar-refractivity contribution in [2.75, 3.05) is 18.7 Å². The number of hydrogen-bond acceptors (Lipinski definition) is 9. The Labute approximate surface area is 267 Å². The van der Waals surface area contributed by atoms with Gasteiger partial charge in [-0.25, -0.2) is 0 Å². The molecule has 3 heterocycles. The van der Waals surface area contributed by atoms with Crippen LogP contribution in [0.1, 0.15) is 38.1 Å². The molecule has 0 bridgehead atoms. The molecule has 14 heteroatoms. The van der Waals surface area contributed by atoms with Gasteiger partial charge in [-0.05, 0) is 34.9 Å². The summed E-state index contributed by atoms with van der Waals surface area (Å²) in [5.74, 6) is -1.78. The summed E-state index contributed by atoms with van der Waals surface area (Å²) in [6.45, 7) is 0.290. The summed E-state index contributed by atoms with van der Waals surface area (Å²) >= 11 is 0. The number of nitrogens with zero attached hydrogens (tertiary/aromatic N) is 4. The van der Waals surface area contributed by atoms with E-state index in [1.54, 1.807) is 48.5 Å². The second-order valence-electron chi connectivity index (χ2n) is 10.9. The maximum Gasteiger partial charge on any atom is 0.272 e. The van der Waals surface area contributed by atoms with E-state index in [0.717, 1.165) is 23.3 Å². The number of hydrogen-bond donors (Lipinski definition) is 5. The molecule has 3 amide bonds. The Morgan fingerprint density at radius 2 is 1.70 bits per heavy atom. The Hall–Kier alpha value is -5.99. The average molecular weight is 635 g/mol. The fourth-order valence-electron chi connectivity index (χ4n) is 5.30. The molecule has 0 saturated carbocycles. The summed E-state index contributed by atoms with van der Waals surface area (Å²) < 4.78 is 5.56. The first-order valence-corrected chi connectivity index (χ1v) is 14.7. The number of pyridine rings is 1. The topological polar surface area (TPSA) is 195 Å². The van der Waals surface area contributed by atoms with E-state index in [1.807, 2.05) is 36.4 Å². The number of aliphatic hydroxyl groups excluding tert-OH is 1. The zero-order chi connectivity index (χ0) is 32.8. The fourth-order valence-corrected chi connectivity index (χ4v) is 5.30. The number of anilines is 1. The lowest BCUT2D eigenvalue weighted by Gasteiger charge is -2.24. The molecule has 6 rings (SSSR count).